The third-order valence-corrected chi connectivity index (χ3v) is 2.73. The average Bonchev–Trinajstić information content (AvgIpc) is 2.38. The molecule has 1 aromatic carbocycles. The van der Waals surface area contributed by atoms with E-state index in [4.69, 9.17) is 5.73 Å². The van der Waals surface area contributed by atoms with Gasteiger partial charge in [0, 0.05) is 19.3 Å². The summed E-state index contributed by atoms with van der Waals surface area (Å²) < 4.78 is 0. The molecule has 0 unspecified atom stereocenters. The maximum Gasteiger partial charge on any atom is 0.133 e. The Morgan fingerprint density at radius 1 is 1.18 bits per heavy atom. The van der Waals surface area contributed by atoms with Gasteiger partial charge in [0.2, 0.25) is 0 Å². The van der Waals surface area contributed by atoms with Crippen LogP contribution in [-0.4, -0.2) is 12.0 Å². The van der Waals surface area contributed by atoms with Crippen LogP contribution in [0.15, 0.2) is 42.5 Å². The highest BCUT2D eigenvalue weighted by Gasteiger charge is 2.05. The molecule has 0 atom stereocenters. The number of aromatic nitrogens is 1. The number of nitrogens with zero attached hydrogens (tertiary/aromatic N) is 2. The third kappa shape index (κ3) is 2.63. The number of anilines is 2. The van der Waals surface area contributed by atoms with Crippen LogP contribution in [0, 0.1) is 6.92 Å². The lowest BCUT2D eigenvalue weighted by molar-refractivity contribution is 0.974. The molecular weight excluding hydrogens is 210 g/mol. The molecule has 3 heteroatoms. The molecule has 0 aliphatic rings. The number of hydrogen-bond acceptors (Lipinski definition) is 3. The van der Waals surface area contributed by atoms with Gasteiger partial charge in [-0.3, -0.25) is 0 Å². The summed E-state index contributed by atoms with van der Waals surface area (Å²) in [5, 5.41) is 0. The highest BCUT2D eigenvalue weighted by molar-refractivity contribution is 5.59. The fourth-order valence-corrected chi connectivity index (χ4v) is 1.74. The molecule has 0 spiro atoms. The zero-order valence-corrected chi connectivity index (χ0v) is 10.2. The average molecular weight is 227 g/mol. The van der Waals surface area contributed by atoms with Gasteiger partial charge in [-0.1, -0.05) is 18.2 Å². The van der Waals surface area contributed by atoms with Gasteiger partial charge < -0.3 is 10.6 Å². The minimum absolute atomic E-state index is 0.468. The number of rotatable bonds is 3. The van der Waals surface area contributed by atoms with Crippen LogP contribution in [0.5, 0.6) is 0 Å². The first-order valence-electron chi connectivity index (χ1n) is 5.67. The summed E-state index contributed by atoms with van der Waals surface area (Å²) in [6.07, 6.45) is 0. The van der Waals surface area contributed by atoms with Crippen molar-refractivity contribution < 1.29 is 0 Å². The van der Waals surface area contributed by atoms with E-state index in [2.05, 4.69) is 35.0 Å². The van der Waals surface area contributed by atoms with E-state index in [-0.39, 0.29) is 0 Å². The Labute approximate surface area is 102 Å². The number of aryl methyl sites for hydroxylation is 1. The van der Waals surface area contributed by atoms with Crippen LogP contribution >= 0.6 is 0 Å². The van der Waals surface area contributed by atoms with Crippen molar-refractivity contribution in [1.29, 1.82) is 0 Å². The smallest absolute Gasteiger partial charge is 0.133 e. The summed E-state index contributed by atoms with van der Waals surface area (Å²) in [5.74, 6) is 0.915. The largest absolute Gasteiger partial charge is 0.329 e. The fourth-order valence-electron chi connectivity index (χ4n) is 1.74. The maximum atomic E-state index is 5.60. The molecule has 1 aromatic heterocycles. The van der Waals surface area contributed by atoms with Crippen molar-refractivity contribution in [3.63, 3.8) is 0 Å². The van der Waals surface area contributed by atoms with E-state index >= 15 is 0 Å². The Morgan fingerprint density at radius 3 is 2.65 bits per heavy atom. The van der Waals surface area contributed by atoms with Crippen molar-refractivity contribution in [2.45, 2.75) is 13.5 Å². The molecule has 0 radical (unpaired) electrons. The minimum atomic E-state index is 0.468. The number of nitrogens with two attached hydrogens (primary N) is 1. The Balaban J connectivity index is 2.33. The number of benzene rings is 1. The molecule has 3 nitrogen and oxygen atoms in total. The van der Waals surface area contributed by atoms with Crippen molar-refractivity contribution >= 4 is 11.5 Å². The normalized spacial score (nSPS) is 10.3. The van der Waals surface area contributed by atoms with Crippen LogP contribution in [-0.2, 0) is 6.54 Å². The fraction of sp³-hybridized carbons (Fsp3) is 0.214. The van der Waals surface area contributed by atoms with Gasteiger partial charge in [0.25, 0.3) is 0 Å². The molecule has 0 bridgehead atoms. The molecule has 0 aliphatic heterocycles. The highest BCUT2D eigenvalue weighted by Crippen LogP contribution is 2.22. The molecule has 2 aromatic rings. The summed E-state index contributed by atoms with van der Waals surface area (Å²) in [4.78, 5) is 6.56. The van der Waals surface area contributed by atoms with E-state index < -0.39 is 0 Å². The first-order chi connectivity index (χ1) is 8.20. The highest BCUT2D eigenvalue weighted by atomic mass is 15.2. The molecular formula is C14H17N3. The molecule has 2 rings (SSSR count). The molecule has 0 amide bonds. The SMILES string of the molecule is Cc1cccc(N(C)c2cccc(CN)n2)c1. The van der Waals surface area contributed by atoms with Crippen LogP contribution in [0.25, 0.3) is 0 Å². The Hall–Kier alpha value is -1.87. The lowest BCUT2D eigenvalue weighted by Gasteiger charge is -2.19. The molecule has 0 aliphatic carbocycles. The zero-order chi connectivity index (χ0) is 12.3. The van der Waals surface area contributed by atoms with Crippen LogP contribution in [0.2, 0.25) is 0 Å². The van der Waals surface area contributed by atoms with Crippen molar-refractivity contribution in [2.75, 3.05) is 11.9 Å². The summed E-state index contributed by atoms with van der Waals surface area (Å²) in [7, 11) is 2.01. The molecule has 0 fully saturated rings. The summed E-state index contributed by atoms with van der Waals surface area (Å²) in [5.41, 5.74) is 8.88. The molecule has 0 saturated carbocycles. The molecule has 17 heavy (non-hydrogen) atoms. The lowest BCUT2D eigenvalue weighted by atomic mass is 10.2. The predicted molar refractivity (Wildman–Crippen MR) is 71.4 cm³/mol. The van der Waals surface area contributed by atoms with E-state index in [1.807, 2.05) is 31.3 Å². The van der Waals surface area contributed by atoms with Crippen LogP contribution in [0.3, 0.4) is 0 Å². The van der Waals surface area contributed by atoms with E-state index in [9.17, 15) is 0 Å². The van der Waals surface area contributed by atoms with Gasteiger partial charge in [0.05, 0.1) is 5.69 Å². The zero-order valence-electron chi connectivity index (χ0n) is 10.2. The van der Waals surface area contributed by atoms with E-state index in [0.29, 0.717) is 6.54 Å². The van der Waals surface area contributed by atoms with Crippen LogP contribution in [0.4, 0.5) is 11.5 Å². The third-order valence-electron chi connectivity index (χ3n) is 2.73. The lowest BCUT2D eigenvalue weighted by Crippen LogP contribution is -2.12. The van der Waals surface area contributed by atoms with Gasteiger partial charge in [0.1, 0.15) is 5.82 Å². The number of pyridine rings is 1. The minimum Gasteiger partial charge on any atom is -0.329 e. The topological polar surface area (TPSA) is 42.1 Å². The van der Waals surface area contributed by atoms with Gasteiger partial charge in [-0.2, -0.15) is 0 Å². The Bertz CT molecular complexity index is 508. The Kier molecular flexibility index (Phi) is 3.40. The predicted octanol–water partition coefficient (Wildman–Crippen LogP) is 2.62. The van der Waals surface area contributed by atoms with Crippen molar-refractivity contribution in [3.05, 3.63) is 53.7 Å². The summed E-state index contributed by atoms with van der Waals surface area (Å²) >= 11 is 0. The van der Waals surface area contributed by atoms with Gasteiger partial charge >= 0.3 is 0 Å². The monoisotopic (exact) mass is 227 g/mol. The van der Waals surface area contributed by atoms with Gasteiger partial charge in [-0.25, -0.2) is 4.98 Å². The summed E-state index contributed by atoms with van der Waals surface area (Å²) in [6, 6.07) is 14.3. The van der Waals surface area contributed by atoms with Crippen molar-refractivity contribution in [2.24, 2.45) is 5.73 Å². The standard InChI is InChI=1S/C14H17N3/c1-11-5-3-7-13(9-11)17(2)14-8-4-6-12(10-15)16-14/h3-9H,10,15H2,1-2H3. The maximum absolute atomic E-state index is 5.60. The first-order valence-corrected chi connectivity index (χ1v) is 5.67. The van der Waals surface area contributed by atoms with Crippen molar-refractivity contribution in [1.82, 2.24) is 4.98 Å². The second-order valence-corrected chi connectivity index (χ2v) is 4.09. The number of hydrogen-bond donors (Lipinski definition) is 1. The molecule has 1 heterocycles. The molecule has 88 valence electrons. The van der Waals surface area contributed by atoms with Crippen LogP contribution < -0.4 is 10.6 Å². The quantitative estimate of drug-likeness (QED) is 0.876. The van der Waals surface area contributed by atoms with Gasteiger partial charge in [-0.05, 0) is 36.8 Å². The Morgan fingerprint density at radius 2 is 1.94 bits per heavy atom. The summed E-state index contributed by atoms with van der Waals surface area (Å²) in [6.45, 7) is 2.55. The molecule has 2 N–H and O–H groups in total. The molecule has 0 saturated heterocycles. The van der Waals surface area contributed by atoms with Crippen LogP contribution in [0.1, 0.15) is 11.3 Å². The van der Waals surface area contributed by atoms with E-state index in [0.717, 1.165) is 17.2 Å². The van der Waals surface area contributed by atoms with Gasteiger partial charge in [0.15, 0.2) is 0 Å². The second kappa shape index (κ2) is 4.97. The second-order valence-electron chi connectivity index (χ2n) is 4.09. The van der Waals surface area contributed by atoms with E-state index in [1.165, 1.54) is 5.56 Å². The van der Waals surface area contributed by atoms with E-state index in [1.54, 1.807) is 0 Å². The first kappa shape index (κ1) is 11.6. The van der Waals surface area contributed by atoms with Gasteiger partial charge in [-0.15, -0.1) is 0 Å². The van der Waals surface area contributed by atoms with Crippen molar-refractivity contribution in [3.8, 4) is 0 Å².